The molecule has 3 amide bonds. The summed E-state index contributed by atoms with van der Waals surface area (Å²) >= 11 is 0. The van der Waals surface area contributed by atoms with E-state index in [0.717, 1.165) is 4.90 Å². The Bertz CT molecular complexity index is 1690. The molecular weight excluding hydrogens is 626 g/mol. The molecule has 0 aliphatic carbocycles. The molecule has 0 bridgehead atoms. The molecule has 0 aliphatic heterocycles. The molecule has 0 radical (unpaired) electrons. The maximum absolute atomic E-state index is 13.1. The van der Waals surface area contributed by atoms with Crippen molar-refractivity contribution in [1.29, 1.82) is 0 Å². The lowest BCUT2D eigenvalue weighted by Gasteiger charge is -2.25. The van der Waals surface area contributed by atoms with Gasteiger partial charge in [-0.3, -0.25) is 19.3 Å². The van der Waals surface area contributed by atoms with E-state index >= 15 is 0 Å². The zero-order valence-corrected chi connectivity index (χ0v) is 26.6. The number of esters is 1. The van der Waals surface area contributed by atoms with Gasteiger partial charge in [-0.25, -0.2) is 14.4 Å². The van der Waals surface area contributed by atoms with Crippen LogP contribution in [0.25, 0.3) is 0 Å². The summed E-state index contributed by atoms with van der Waals surface area (Å²) in [6, 6.07) is 13.6. The third kappa shape index (κ3) is 9.55. The molecule has 0 saturated heterocycles. The second kappa shape index (κ2) is 17.1. The standard InChI is InChI=1S/C34H37N3O11/c1-4-22-17-21(13-14-26(22)37(31(41)33(44)45)24-10-7-9-23(19-24)32(42)43)18-25(36-20(2)38)30(40)35-15-5-6-16-48-28-12-8-11-27(39)29(28)34(46)47-3/h7-14,17,19,25,39H,4-6,15-16,18H2,1-3H3,(H,35,40)(H,36,38)(H,42,43)(H,44,45). The largest absolute Gasteiger partial charge is 0.507 e. The Balaban J connectivity index is 1.70. The van der Waals surface area contributed by atoms with Gasteiger partial charge in [0, 0.05) is 19.9 Å². The molecule has 0 aliphatic rings. The number of aryl methyl sites for hydroxylation is 1. The predicted molar refractivity (Wildman–Crippen MR) is 172 cm³/mol. The summed E-state index contributed by atoms with van der Waals surface area (Å²) in [6.07, 6.45) is 1.42. The number of anilines is 2. The molecular formula is C34H37N3O11. The van der Waals surface area contributed by atoms with E-state index in [-0.39, 0.29) is 53.6 Å². The molecule has 3 aromatic rings. The monoisotopic (exact) mass is 663 g/mol. The van der Waals surface area contributed by atoms with Crippen LogP contribution in [-0.4, -0.2) is 77.3 Å². The molecule has 5 N–H and O–H groups in total. The van der Waals surface area contributed by atoms with E-state index in [0.29, 0.717) is 30.4 Å². The lowest BCUT2D eigenvalue weighted by Crippen LogP contribution is -2.47. The van der Waals surface area contributed by atoms with Gasteiger partial charge in [-0.05, 0) is 66.8 Å². The van der Waals surface area contributed by atoms with Crippen LogP contribution in [0.4, 0.5) is 11.4 Å². The first-order chi connectivity index (χ1) is 22.9. The average Bonchev–Trinajstić information content (AvgIpc) is 3.06. The molecule has 48 heavy (non-hydrogen) atoms. The Labute approximate surface area is 276 Å². The zero-order valence-electron chi connectivity index (χ0n) is 26.6. The number of methoxy groups -OCH3 is 1. The maximum Gasteiger partial charge on any atom is 0.395 e. The lowest BCUT2D eigenvalue weighted by molar-refractivity contribution is -0.148. The minimum Gasteiger partial charge on any atom is -0.507 e. The number of benzene rings is 3. The van der Waals surface area contributed by atoms with Gasteiger partial charge in [0.25, 0.3) is 0 Å². The minimum atomic E-state index is -1.74. The van der Waals surface area contributed by atoms with E-state index in [1.165, 1.54) is 62.6 Å². The number of aromatic carboxylic acids is 1. The van der Waals surface area contributed by atoms with Crippen molar-refractivity contribution in [2.75, 3.05) is 25.2 Å². The number of unbranched alkanes of at least 4 members (excludes halogenated alkanes) is 1. The van der Waals surface area contributed by atoms with Crippen LogP contribution in [-0.2, 0) is 36.8 Å². The highest BCUT2D eigenvalue weighted by Gasteiger charge is 2.28. The fourth-order valence-electron chi connectivity index (χ4n) is 4.89. The molecule has 1 unspecified atom stereocenters. The highest BCUT2D eigenvalue weighted by atomic mass is 16.5. The SMILES string of the molecule is CCc1cc(CC(NC(C)=O)C(=O)NCCCCOc2cccc(O)c2C(=O)OC)ccc1N(C(=O)C(=O)O)c1cccc(C(=O)O)c1. The maximum atomic E-state index is 13.1. The van der Waals surface area contributed by atoms with Crippen molar-refractivity contribution < 1.29 is 53.6 Å². The fourth-order valence-corrected chi connectivity index (χ4v) is 4.89. The molecule has 0 aromatic heterocycles. The van der Waals surface area contributed by atoms with Gasteiger partial charge in [0.2, 0.25) is 11.8 Å². The van der Waals surface area contributed by atoms with Gasteiger partial charge in [0.1, 0.15) is 23.1 Å². The Kier molecular flexibility index (Phi) is 13.0. The van der Waals surface area contributed by atoms with Crippen LogP contribution in [0.3, 0.4) is 0 Å². The van der Waals surface area contributed by atoms with E-state index < -0.39 is 41.7 Å². The molecule has 3 rings (SSSR count). The van der Waals surface area contributed by atoms with Crippen molar-refractivity contribution in [2.45, 2.75) is 45.6 Å². The lowest BCUT2D eigenvalue weighted by atomic mass is 9.99. The summed E-state index contributed by atoms with van der Waals surface area (Å²) in [4.78, 5) is 74.0. The van der Waals surface area contributed by atoms with E-state index in [1.54, 1.807) is 19.1 Å². The van der Waals surface area contributed by atoms with E-state index in [9.17, 15) is 44.1 Å². The molecule has 14 heteroatoms. The Morgan fingerprint density at radius 2 is 1.67 bits per heavy atom. The highest BCUT2D eigenvalue weighted by molar-refractivity contribution is 6.39. The number of phenols is 1. The highest BCUT2D eigenvalue weighted by Crippen LogP contribution is 2.32. The molecule has 14 nitrogen and oxygen atoms in total. The van der Waals surface area contributed by atoms with Crippen molar-refractivity contribution in [3.8, 4) is 11.5 Å². The molecule has 0 heterocycles. The number of carbonyl (C=O) groups excluding carboxylic acids is 4. The third-order valence-corrected chi connectivity index (χ3v) is 7.16. The number of carboxylic acids is 2. The number of hydrogen-bond acceptors (Lipinski definition) is 9. The van der Waals surface area contributed by atoms with E-state index in [4.69, 9.17) is 4.74 Å². The first-order valence-electron chi connectivity index (χ1n) is 15.0. The number of aliphatic carboxylic acids is 1. The number of rotatable bonds is 15. The summed E-state index contributed by atoms with van der Waals surface area (Å²) in [5.41, 5.74) is 1.23. The number of hydrogen-bond donors (Lipinski definition) is 5. The van der Waals surface area contributed by atoms with E-state index in [1.807, 2.05) is 0 Å². The van der Waals surface area contributed by atoms with Crippen molar-refractivity contribution >= 4 is 47.0 Å². The molecule has 254 valence electrons. The Hall–Kier alpha value is -5.92. The quantitative estimate of drug-likeness (QED) is 0.0906. The summed E-state index contributed by atoms with van der Waals surface area (Å²) in [5.74, 6) is -5.98. The Morgan fingerprint density at radius 3 is 2.31 bits per heavy atom. The number of nitrogens with one attached hydrogen (secondary N) is 2. The molecule has 0 spiro atoms. The first kappa shape index (κ1) is 36.5. The van der Waals surface area contributed by atoms with Crippen LogP contribution in [0, 0.1) is 0 Å². The number of carboxylic acid groups (broad SMARTS) is 2. The summed E-state index contributed by atoms with van der Waals surface area (Å²) in [7, 11) is 1.19. The van der Waals surface area contributed by atoms with Crippen molar-refractivity contribution in [2.24, 2.45) is 0 Å². The number of carbonyl (C=O) groups is 6. The molecule has 3 aromatic carbocycles. The van der Waals surface area contributed by atoms with Gasteiger partial charge in [0.05, 0.1) is 30.7 Å². The average molecular weight is 664 g/mol. The van der Waals surface area contributed by atoms with Crippen molar-refractivity contribution in [3.63, 3.8) is 0 Å². The van der Waals surface area contributed by atoms with Gasteiger partial charge in [-0.1, -0.05) is 31.2 Å². The van der Waals surface area contributed by atoms with Gasteiger partial charge < -0.3 is 35.4 Å². The zero-order chi connectivity index (χ0) is 35.4. The van der Waals surface area contributed by atoms with Crippen LogP contribution in [0.1, 0.15) is 58.5 Å². The van der Waals surface area contributed by atoms with Gasteiger partial charge in [0.15, 0.2) is 0 Å². The molecule has 0 saturated carbocycles. The van der Waals surface area contributed by atoms with Crippen LogP contribution in [0.5, 0.6) is 11.5 Å². The second-order valence-corrected chi connectivity index (χ2v) is 10.6. The number of phenolic OH excluding ortho intramolecular Hbond substituents is 1. The van der Waals surface area contributed by atoms with Crippen molar-refractivity contribution in [1.82, 2.24) is 10.6 Å². The van der Waals surface area contributed by atoms with Crippen molar-refractivity contribution in [3.05, 3.63) is 82.9 Å². The first-order valence-corrected chi connectivity index (χ1v) is 15.0. The van der Waals surface area contributed by atoms with E-state index in [2.05, 4.69) is 15.4 Å². The summed E-state index contributed by atoms with van der Waals surface area (Å²) < 4.78 is 10.3. The summed E-state index contributed by atoms with van der Waals surface area (Å²) in [5, 5.41) is 34.3. The molecule has 1 atom stereocenters. The number of amides is 3. The topological polar surface area (TPSA) is 209 Å². The third-order valence-electron chi connectivity index (χ3n) is 7.16. The van der Waals surface area contributed by atoms with Crippen LogP contribution in [0.15, 0.2) is 60.7 Å². The normalized spacial score (nSPS) is 11.1. The number of aromatic hydroxyl groups is 1. The predicted octanol–water partition coefficient (Wildman–Crippen LogP) is 3.21. The van der Waals surface area contributed by atoms with Gasteiger partial charge >= 0.3 is 23.8 Å². The number of ether oxygens (including phenoxy) is 2. The van der Waals surface area contributed by atoms with Gasteiger partial charge in [-0.15, -0.1) is 0 Å². The number of nitrogens with zero attached hydrogens (tertiary/aromatic N) is 1. The fraction of sp³-hybridized carbons (Fsp3) is 0.294. The van der Waals surface area contributed by atoms with Crippen LogP contribution >= 0.6 is 0 Å². The van der Waals surface area contributed by atoms with Gasteiger partial charge in [-0.2, -0.15) is 0 Å². The van der Waals surface area contributed by atoms with Crippen LogP contribution in [0.2, 0.25) is 0 Å². The van der Waals surface area contributed by atoms with Crippen LogP contribution < -0.4 is 20.3 Å². The second-order valence-electron chi connectivity index (χ2n) is 10.6. The minimum absolute atomic E-state index is 0.0523. The summed E-state index contributed by atoms with van der Waals surface area (Å²) in [6.45, 7) is 3.51. The molecule has 0 fully saturated rings. The Morgan fingerprint density at radius 1 is 0.938 bits per heavy atom. The smallest absolute Gasteiger partial charge is 0.395 e.